The summed E-state index contributed by atoms with van der Waals surface area (Å²) >= 11 is 1.34. The van der Waals surface area contributed by atoms with Gasteiger partial charge in [0.15, 0.2) is 10.8 Å². The summed E-state index contributed by atoms with van der Waals surface area (Å²) < 4.78 is 26.4. The van der Waals surface area contributed by atoms with Gasteiger partial charge in [0.1, 0.15) is 0 Å². The molecule has 0 unspecified atom stereocenters. The molecule has 0 radical (unpaired) electrons. The van der Waals surface area contributed by atoms with E-state index >= 15 is 0 Å². The van der Waals surface area contributed by atoms with Gasteiger partial charge in [0.05, 0.1) is 0 Å². The zero-order valence-corrected chi connectivity index (χ0v) is 12.6. The van der Waals surface area contributed by atoms with E-state index in [1.165, 1.54) is 15.7 Å². The van der Waals surface area contributed by atoms with E-state index in [2.05, 4.69) is 14.7 Å². The number of hydrazine groups is 1. The molecule has 3 rings (SSSR count). The van der Waals surface area contributed by atoms with E-state index in [0.717, 1.165) is 13.1 Å². The van der Waals surface area contributed by atoms with Crippen LogP contribution in [0.1, 0.15) is 0 Å². The molecule has 0 spiro atoms. The van der Waals surface area contributed by atoms with Gasteiger partial charge in [-0.2, -0.15) is 0 Å². The maximum atomic E-state index is 12.5. The molecule has 0 aromatic carbocycles. The molecule has 1 fully saturated rings. The number of nitrogen functional groups attached to an aromatic ring is 1. The van der Waals surface area contributed by atoms with Gasteiger partial charge in [0.25, 0.3) is 10.0 Å². The summed E-state index contributed by atoms with van der Waals surface area (Å²) in [4.78, 5) is 9.36. The van der Waals surface area contributed by atoms with Crippen molar-refractivity contribution in [1.29, 1.82) is 0 Å². The highest BCUT2D eigenvalue weighted by atomic mass is 32.2. The van der Waals surface area contributed by atoms with E-state index in [1.807, 2.05) is 7.05 Å². The number of sulfonamides is 1. The lowest BCUT2D eigenvalue weighted by molar-refractivity contribution is 0.134. The Morgan fingerprint density at radius 1 is 1.35 bits per heavy atom. The second-order valence-electron chi connectivity index (χ2n) is 4.74. The van der Waals surface area contributed by atoms with Crippen LogP contribution in [0.4, 0.5) is 5.82 Å². The first-order chi connectivity index (χ1) is 9.47. The highest BCUT2D eigenvalue weighted by Gasteiger charge is 2.27. The Balaban J connectivity index is 1.88. The van der Waals surface area contributed by atoms with Crippen LogP contribution in [0.3, 0.4) is 0 Å². The highest BCUT2D eigenvalue weighted by molar-refractivity contribution is 7.89. The summed E-state index contributed by atoms with van der Waals surface area (Å²) in [7, 11) is -1.71. The molecular formula is C10H16N6O2S2. The molecule has 8 nitrogen and oxygen atoms in total. The second-order valence-corrected chi connectivity index (χ2v) is 7.19. The highest BCUT2D eigenvalue weighted by Crippen LogP contribution is 2.23. The lowest BCUT2D eigenvalue weighted by atomic mass is 10.4. The molecule has 0 bridgehead atoms. The minimum atomic E-state index is -3.72. The van der Waals surface area contributed by atoms with Crippen molar-refractivity contribution in [3.63, 3.8) is 0 Å². The number of nitrogens with two attached hydrogens (primary N) is 1. The predicted octanol–water partition coefficient (Wildman–Crippen LogP) is -0.581. The Hall–Kier alpha value is -1.20. The summed E-state index contributed by atoms with van der Waals surface area (Å²) in [5.74, 6) is 0.0264. The number of aromatic nitrogens is 2. The third kappa shape index (κ3) is 2.40. The number of hydrogen-bond acceptors (Lipinski definition) is 7. The molecule has 1 aliphatic heterocycles. The fraction of sp³-hybridized carbons (Fsp3) is 0.500. The van der Waals surface area contributed by atoms with Crippen LogP contribution in [0, 0.1) is 0 Å². The number of hydrogen-bond donors (Lipinski definition) is 2. The van der Waals surface area contributed by atoms with Gasteiger partial charge in [-0.1, -0.05) is 0 Å². The van der Waals surface area contributed by atoms with Gasteiger partial charge < -0.3 is 10.6 Å². The number of likely N-dealkylation sites (N-methyl/N-ethyl adjacent to an activating group) is 1. The van der Waals surface area contributed by atoms with Gasteiger partial charge in [-0.3, -0.25) is 4.40 Å². The molecule has 1 saturated heterocycles. The normalized spacial score (nSPS) is 18.9. The first kappa shape index (κ1) is 13.8. The van der Waals surface area contributed by atoms with Crippen molar-refractivity contribution in [3.05, 3.63) is 11.6 Å². The number of piperazine rings is 1. The molecule has 1 aliphatic rings. The van der Waals surface area contributed by atoms with Crippen molar-refractivity contribution in [2.45, 2.75) is 5.03 Å². The molecule has 20 heavy (non-hydrogen) atoms. The van der Waals surface area contributed by atoms with E-state index in [4.69, 9.17) is 5.73 Å². The summed E-state index contributed by atoms with van der Waals surface area (Å²) in [5.41, 5.74) is 5.74. The number of nitrogens with zero attached hydrogens (tertiary/aromatic N) is 4. The molecule has 110 valence electrons. The summed E-state index contributed by atoms with van der Waals surface area (Å²) in [6.45, 7) is 2.92. The zero-order valence-electron chi connectivity index (χ0n) is 11.0. The Morgan fingerprint density at radius 3 is 2.75 bits per heavy atom. The topological polar surface area (TPSA) is 96.0 Å². The van der Waals surface area contributed by atoms with Crippen LogP contribution < -0.4 is 10.6 Å². The first-order valence-corrected chi connectivity index (χ1v) is 8.50. The lowest BCUT2D eigenvalue weighted by Gasteiger charge is -2.31. The maximum Gasteiger partial charge on any atom is 0.273 e. The Morgan fingerprint density at radius 2 is 2.05 bits per heavy atom. The van der Waals surface area contributed by atoms with Crippen LogP contribution >= 0.6 is 11.3 Å². The number of imidazole rings is 1. The van der Waals surface area contributed by atoms with Gasteiger partial charge in [-0.05, 0) is 7.05 Å². The quantitative estimate of drug-likeness (QED) is 0.786. The summed E-state index contributed by atoms with van der Waals surface area (Å²) in [6.07, 6.45) is 1.65. The minimum absolute atomic E-state index is 0.00711. The fourth-order valence-corrected chi connectivity index (χ4v) is 4.27. The Labute approximate surface area is 120 Å². The molecule has 3 N–H and O–H groups in total. The average Bonchev–Trinajstić information content (AvgIpc) is 2.91. The molecular weight excluding hydrogens is 300 g/mol. The smallest absolute Gasteiger partial charge is 0.273 e. The first-order valence-electron chi connectivity index (χ1n) is 6.14. The molecule has 0 saturated carbocycles. The zero-order chi connectivity index (χ0) is 14.3. The standard InChI is InChI=1S/C10H16N6O2S2/c1-14-2-4-15(5-3-14)13-20(17,18)9-8(11)12-10-16(9)6-7-19-10/h6-7,13H,2-5,11H2,1H3. The van der Waals surface area contributed by atoms with E-state index in [0.29, 0.717) is 18.1 Å². The second kappa shape index (κ2) is 4.97. The Bertz CT molecular complexity index is 713. The van der Waals surface area contributed by atoms with Crippen molar-refractivity contribution >= 4 is 32.1 Å². The largest absolute Gasteiger partial charge is 0.381 e. The van der Waals surface area contributed by atoms with Crippen molar-refractivity contribution in [2.24, 2.45) is 0 Å². The SMILES string of the molecule is CN1CCN(NS(=O)(=O)c2c(N)nc3sccn23)CC1. The predicted molar refractivity (Wildman–Crippen MR) is 76.9 cm³/mol. The molecule has 2 aromatic rings. The molecule has 0 aliphatic carbocycles. The van der Waals surface area contributed by atoms with Gasteiger partial charge >= 0.3 is 0 Å². The maximum absolute atomic E-state index is 12.5. The van der Waals surface area contributed by atoms with Gasteiger partial charge in [-0.25, -0.2) is 18.4 Å². The van der Waals surface area contributed by atoms with E-state index in [1.54, 1.807) is 16.6 Å². The fourth-order valence-electron chi connectivity index (χ4n) is 2.16. The van der Waals surface area contributed by atoms with Crippen LogP contribution in [-0.2, 0) is 10.0 Å². The molecule has 3 heterocycles. The van der Waals surface area contributed by atoms with Crippen molar-refractivity contribution < 1.29 is 8.42 Å². The average molecular weight is 316 g/mol. The lowest BCUT2D eigenvalue weighted by Crippen LogP contribution is -2.52. The monoisotopic (exact) mass is 316 g/mol. The molecule has 0 amide bonds. The number of thiazole rings is 1. The minimum Gasteiger partial charge on any atom is -0.381 e. The van der Waals surface area contributed by atoms with Gasteiger partial charge in [0, 0.05) is 37.8 Å². The number of anilines is 1. The van der Waals surface area contributed by atoms with Crippen molar-refractivity contribution in [2.75, 3.05) is 39.0 Å². The van der Waals surface area contributed by atoms with Crippen LogP contribution in [0.5, 0.6) is 0 Å². The van der Waals surface area contributed by atoms with Crippen LogP contribution in [-0.4, -0.2) is 60.9 Å². The molecule has 0 atom stereocenters. The van der Waals surface area contributed by atoms with E-state index < -0.39 is 10.0 Å². The van der Waals surface area contributed by atoms with Crippen LogP contribution in [0.25, 0.3) is 4.96 Å². The van der Waals surface area contributed by atoms with Crippen molar-refractivity contribution in [1.82, 2.24) is 24.1 Å². The Kier molecular flexibility index (Phi) is 3.42. The van der Waals surface area contributed by atoms with Crippen LogP contribution in [0.15, 0.2) is 16.6 Å². The van der Waals surface area contributed by atoms with E-state index in [9.17, 15) is 8.42 Å². The number of nitrogens with one attached hydrogen (secondary N) is 1. The third-order valence-corrected chi connectivity index (χ3v) is 5.42. The summed E-state index contributed by atoms with van der Waals surface area (Å²) in [5, 5.41) is 3.48. The molecule has 2 aromatic heterocycles. The van der Waals surface area contributed by atoms with Crippen LogP contribution in [0.2, 0.25) is 0 Å². The molecule has 10 heteroatoms. The van der Waals surface area contributed by atoms with Gasteiger partial charge in [-0.15, -0.1) is 16.2 Å². The van der Waals surface area contributed by atoms with Gasteiger partial charge in [0.2, 0.25) is 5.03 Å². The van der Waals surface area contributed by atoms with Crippen molar-refractivity contribution in [3.8, 4) is 0 Å². The number of rotatable bonds is 3. The third-order valence-electron chi connectivity index (χ3n) is 3.25. The van der Waals surface area contributed by atoms with E-state index in [-0.39, 0.29) is 10.8 Å². The summed E-state index contributed by atoms with van der Waals surface area (Å²) in [6, 6.07) is 0. The number of fused-ring (bicyclic) bond motifs is 1.